The van der Waals surface area contributed by atoms with Crippen molar-refractivity contribution in [3.05, 3.63) is 119 Å². The molecule has 10 heteroatoms. The zero-order chi connectivity index (χ0) is 30.4. The van der Waals surface area contributed by atoms with Crippen molar-refractivity contribution in [1.29, 1.82) is 0 Å². The lowest BCUT2D eigenvalue weighted by Crippen LogP contribution is -2.29. The van der Waals surface area contributed by atoms with Crippen molar-refractivity contribution in [2.24, 2.45) is 0 Å². The normalized spacial score (nSPS) is 15.9. The fraction of sp³-hybridized carbons (Fsp3) is 0.152. The van der Waals surface area contributed by atoms with Gasteiger partial charge in [-0.05, 0) is 94.2 Å². The van der Waals surface area contributed by atoms with Crippen molar-refractivity contribution in [2.75, 3.05) is 21.3 Å². The van der Waals surface area contributed by atoms with Crippen LogP contribution in [0.3, 0.4) is 0 Å². The molecule has 0 bridgehead atoms. The molecule has 0 aliphatic carbocycles. The van der Waals surface area contributed by atoms with E-state index in [0.29, 0.717) is 44.8 Å². The van der Waals surface area contributed by atoms with Gasteiger partial charge in [-0.25, -0.2) is 9.42 Å². The van der Waals surface area contributed by atoms with Gasteiger partial charge in [0.1, 0.15) is 34.6 Å². The topological polar surface area (TPSA) is 130 Å². The number of benzene rings is 4. The van der Waals surface area contributed by atoms with Crippen molar-refractivity contribution < 1.29 is 38.3 Å². The number of carbonyl (C=O) groups is 2. The zero-order valence-electron chi connectivity index (χ0n) is 23.6. The van der Waals surface area contributed by atoms with Crippen LogP contribution < -0.4 is 14.2 Å². The maximum Gasteiger partial charge on any atom is 0.342 e. The van der Waals surface area contributed by atoms with Crippen molar-refractivity contribution in [1.82, 2.24) is 10.3 Å². The number of cyclic esters (lactones) is 1. The molecule has 218 valence electrons. The molecule has 0 radical (unpaired) electrons. The number of hydrogen-bond donors (Lipinski definition) is 1. The third-order valence-electron chi connectivity index (χ3n) is 6.97. The molecule has 1 aromatic heterocycles. The van der Waals surface area contributed by atoms with E-state index in [-0.39, 0.29) is 12.0 Å². The maximum absolute atomic E-state index is 13.1. The SMILES string of the molecule is COc1ccc(C=O)cc1.COc1ccc(CC2=C(c3ccc4nonc4c3)C(=O)OC2(O)c2ccc(OC)cc2)cc1. The van der Waals surface area contributed by atoms with Crippen LogP contribution in [0.4, 0.5) is 0 Å². The van der Waals surface area contributed by atoms with E-state index in [1.165, 1.54) is 0 Å². The number of aldehydes is 1. The number of esters is 1. The highest BCUT2D eigenvalue weighted by atomic mass is 16.7. The van der Waals surface area contributed by atoms with Crippen LogP contribution >= 0.6 is 0 Å². The van der Waals surface area contributed by atoms with Crippen molar-refractivity contribution >= 4 is 28.9 Å². The molecule has 1 atom stereocenters. The maximum atomic E-state index is 13.1. The Kier molecular flexibility index (Phi) is 8.49. The molecule has 0 saturated heterocycles. The summed E-state index contributed by atoms with van der Waals surface area (Å²) in [5.74, 6) is -0.480. The summed E-state index contributed by atoms with van der Waals surface area (Å²) in [7, 11) is 4.74. The van der Waals surface area contributed by atoms with Crippen LogP contribution in [0.1, 0.15) is 27.0 Å². The fourth-order valence-corrected chi connectivity index (χ4v) is 4.66. The van der Waals surface area contributed by atoms with Gasteiger partial charge < -0.3 is 24.1 Å². The molecule has 1 aliphatic heterocycles. The number of methoxy groups -OCH3 is 3. The molecule has 1 aliphatic rings. The number of ether oxygens (including phenoxy) is 4. The molecular formula is C33H28N2O8. The van der Waals surface area contributed by atoms with Crippen molar-refractivity contribution in [3.8, 4) is 17.2 Å². The highest BCUT2D eigenvalue weighted by Gasteiger charge is 2.48. The van der Waals surface area contributed by atoms with Gasteiger partial charge in [0, 0.05) is 23.1 Å². The van der Waals surface area contributed by atoms with Crippen LogP contribution in [-0.4, -0.2) is 49.0 Å². The second kappa shape index (κ2) is 12.6. The summed E-state index contributed by atoms with van der Waals surface area (Å²) < 4.78 is 25.8. The zero-order valence-corrected chi connectivity index (χ0v) is 23.6. The first-order valence-electron chi connectivity index (χ1n) is 13.2. The molecule has 43 heavy (non-hydrogen) atoms. The van der Waals surface area contributed by atoms with E-state index < -0.39 is 11.8 Å². The summed E-state index contributed by atoms with van der Waals surface area (Å²) in [5, 5.41) is 19.4. The Labute approximate surface area is 247 Å². The van der Waals surface area contributed by atoms with Crippen LogP contribution in [0, 0.1) is 0 Å². The number of rotatable bonds is 8. The summed E-state index contributed by atoms with van der Waals surface area (Å²) in [4.78, 5) is 23.3. The number of fused-ring (bicyclic) bond motifs is 1. The number of aliphatic hydroxyl groups is 1. The molecule has 0 amide bonds. The van der Waals surface area contributed by atoms with E-state index in [0.717, 1.165) is 17.6 Å². The molecule has 1 unspecified atom stereocenters. The van der Waals surface area contributed by atoms with E-state index in [4.69, 9.17) is 23.6 Å². The molecule has 1 N–H and O–H groups in total. The Hall–Kier alpha value is -5.48. The van der Waals surface area contributed by atoms with Crippen LogP contribution in [0.15, 0.2) is 101 Å². The minimum atomic E-state index is -1.95. The lowest BCUT2D eigenvalue weighted by Gasteiger charge is -2.26. The first-order valence-corrected chi connectivity index (χ1v) is 13.2. The van der Waals surface area contributed by atoms with Gasteiger partial charge in [-0.15, -0.1) is 0 Å². The minimum absolute atomic E-state index is 0.267. The van der Waals surface area contributed by atoms with Gasteiger partial charge in [-0.3, -0.25) is 4.79 Å². The second-order valence-corrected chi connectivity index (χ2v) is 9.50. The number of aromatic nitrogens is 2. The summed E-state index contributed by atoms with van der Waals surface area (Å²) in [6.45, 7) is 0. The lowest BCUT2D eigenvalue weighted by molar-refractivity contribution is -0.185. The van der Waals surface area contributed by atoms with Crippen LogP contribution in [0.5, 0.6) is 17.2 Å². The van der Waals surface area contributed by atoms with Gasteiger partial charge in [-0.2, -0.15) is 0 Å². The van der Waals surface area contributed by atoms with Crippen molar-refractivity contribution in [3.63, 3.8) is 0 Å². The highest BCUT2D eigenvalue weighted by Crippen LogP contribution is 2.45. The van der Waals surface area contributed by atoms with E-state index in [1.807, 2.05) is 24.3 Å². The van der Waals surface area contributed by atoms with Gasteiger partial charge in [0.2, 0.25) is 0 Å². The Morgan fingerprint density at radius 3 is 1.91 bits per heavy atom. The summed E-state index contributed by atoms with van der Waals surface area (Å²) >= 11 is 0. The average molecular weight is 581 g/mol. The first kappa shape index (κ1) is 29.0. The van der Waals surface area contributed by atoms with Gasteiger partial charge in [0.05, 0.1) is 26.9 Å². The molecule has 0 fully saturated rings. The fourth-order valence-electron chi connectivity index (χ4n) is 4.66. The van der Waals surface area contributed by atoms with E-state index in [2.05, 4.69) is 10.3 Å². The molecule has 6 rings (SSSR count). The van der Waals surface area contributed by atoms with E-state index in [1.54, 1.807) is 88.1 Å². The van der Waals surface area contributed by atoms with Crippen LogP contribution in [0.25, 0.3) is 16.6 Å². The molecule has 10 nitrogen and oxygen atoms in total. The summed E-state index contributed by atoms with van der Waals surface area (Å²) in [6, 6.07) is 26.2. The Bertz CT molecular complexity index is 1760. The lowest BCUT2D eigenvalue weighted by atomic mass is 9.88. The number of hydrogen-bond acceptors (Lipinski definition) is 10. The Morgan fingerprint density at radius 2 is 1.33 bits per heavy atom. The summed E-state index contributed by atoms with van der Waals surface area (Å²) in [6.07, 6.45) is 1.07. The average Bonchev–Trinajstić information content (AvgIpc) is 3.63. The predicted octanol–water partition coefficient (Wildman–Crippen LogP) is 5.15. The van der Waals surface area contributed by atoms with Crippen LogP contribution in [0.2, 0.25) is 0 Å². The van der Waals surface area contributed by atoms with E-state index in [9.17, 15) is 14.7 Å². The Balaban J connectivity index is 0.000000314. The van der Waals surface area contributed by atoms with Gasteiger partial charge in [0.25, 0.3) is 5.79 Å². The van der Waals surface area contributed by atoms with Crippen molar-refractivity contribution in [2.45, 2.75) is 12.2 Å². The molecule has 0 spiro atoms. The van der Waals surface area contributed by atoms with Gasteiger partial charge in [-0.1, -0.05) is 18.2 Å². The standard InChI is InChI=1S/C25H20N2O6.C8H8O2/c1-30-18-8-3-15(4-9-18)13-20-23(16-5-12-21-22(14-16)27-33-26-21)24(28)32-25(20,29)17-6-10-19(31-2)11-7-17;1-10-8-4-2-7(6-9)3-5-8/h3-12,14,29H,13H2,1-2H3;2-6H,1H3. The minimum Gasteiger partial charge on any atom is -0.497 e. The first-order chi connectivity index (χ1) is 20.9. The quantitative estimate of drug-likeness (QED) is 0.194. The third kappa shape index (κ3) is 6.09. The Morgan fingerprint density at radius 1 is 0.767 bits per heavy atom. The van der Waals surface area contributed by atoms with E-state index >= 15 is 0 Å². The third-order valence-corrected chi connectivity index (χ3v) is 6.97. The number of carbonyl (C=O) groups excluding carboxylic acids is 2. The molecule has 0 saturated carbocycles. The molecule has 5 aromatic rings. The summed E-state index contributed by atoms with van der Waals surface area (Å²) in [5.41, 5.74) is 4.26. The molecule has 2 heterocycles. The highest BCUT2D eigenvalue weighted by molar-refractivity contribution is 6.20. The predicted molar refractivity (Wildman–Crippen MR) is 157 cm³/mol. The monoisotopic (exact) mass is 580 g/mol. The molecular weight excluding hydrogens is 552 g/mol. The van der Waals surface area contributed by atoms with Gasteiger partial charge >= 0.3 is 5.97 Å². The van der Waals surface area contributed by atoms with Gasteiger partial charge in [0.15, 0.2) is 0 Å². The largest absolute Gasteiger partial charge is 0.497 e. The number of nitrogens with zero attached hydrogens (tertiary/aromatic N) is 2. The van der Waals surface area contributed by atoms with Crippen LogP contribution in [-0.2, 0) is 21.7 Å². The second-order valence-electron chi connectivity index (χ2n) is 9.50. The molecule has 4 aromatic carbocycles. The smallest absolute Gasteiger partial charge is 0.342 e.